The average molecular weight is 626 g/mol. The van der Waals surface area contributed by atoms with Crippen molar-refractivity contribution in [3.63, 3.8) is 0 Å². The first-order valence-corrected chi connectivity index (χ1v) is 9.31. The second-order valence-electron chi connectivity index (χ2n) is 7.31. The Labute approximate surface area is 203 Å². The third kappa shape index (κ3) is 7.44. The molecule has 0 aliphatic carbocycles. The Morgan fingerprint density at radius 1 is 0.538 bits per heavy atom. The molecule has 1 atom stereocenters. The van der Waals surface area contributed by atoms with Gasteiger partial charge in [0.05, 0.1) is 32.5 Å². The fraction of sp³-hybridized carbons (Fsp3) is 0.875. The van der Waals surface area contributed by atoms with E-state index in [0.29, 0.717) is 0 Å². The van der Waals surface area contributed by atoms with E-state index in [2.05, 4.69) is 9.47 Å². The highest BCUT2D eigenvalue weighted by molar-refractivity contribution is 5.81. The molecular formula is C16H12F18O5. The van der Waals surface area contributed by atoms with E-state index in [9.17, 15) is 93.7 Å². The summed E-state index contributed by atoms with van der Waals surface area (Å²) in [6.45, 7) is -4.12. The summed E-state index contributed by atoms with van der Waals surface area (Å²) in [6.07, 6.45) is -24.3. The summed E-state index contributed by atoms with van der Waals surface area (Å²) < 4.78 is 235. The average Bonchev–Trinajstić information content (AvgIpc) is 2.70. The Bertz CT molecular complexity index is 863. The smallest absolute Gasteiger partial charge is 0.460 e. The van der Waals surface area contributed by atoms with Gasteiger partial charge in [0.25, 0.3) is 0 Å². The summed E-state index contributed by atoms with van der Waals surface area (Å²) in [4.78, 5) is 22.5. The molecule has 232 valence electrons. The second kappa shape index (κ2) is 11.3. The molecule has 0 aromatic carbocycles. The van der Waals surface area contributed by atoms with Crippen molar-refractivity contribution < 1.29 is 103 Å². The number of alkyl halides is 18. The number of halogens is 18. The minimum Gasteiger partial charge on any atom is -0.465 e. The maximum atomic E-state index is 13.3. The lowest BCUT2D eigenvalue weighted by Crippen LogP contribution is -2.61. The molecule has 0 rings (SSSR count). The highest BCUT2D eigenvalue weighted by Gasteiger charge is 2.82. The number of hydrogen-bond acceptors (Lipinski definition) is 5. The van der Waals surface area contributed by atoms with Crippen LogP contribution in [0.15, 0.2) is 0 Å². The first-order valence-electron chi connectivity index (χ1n) is 9.31. The van der Waals surface area contributed by atoms with Crippen LogP contribution in [0.5, 0.6) is 0 Å². The van der Waals surface area contributed by atoms with Gasteiger partial charge in [0.2, 0.25) is 0 Å². The number of rotatable bonds is 13. The summed E-state index contributed by atoms with van der Waals surface area (Å²) in [7, 11) is 0. The molecule has 0 bridgehead atoms. The van der Waals surface area contributed by atoms with Gasteiger partial charge in [-0.3, -0.25) is 4.79 Å². The van der Waals surface area contributed by atoms with E-state index in [1.165, 1.54) is 0 Å². The summed E-state index contributed by atoms with van der Waals surface area (Å²) in [5.41, 5.74) is 0. The van der Waals surface area contributed by atoms with Gasteiger partial charge >= 0.3 is 59.8 Å². The number of carbonyl (C=O) groups excluding carboxylic acids is 2. The largest absolute Gasteiger partial charge is 0.465 e. The summed E-state index contributed by atoms with van der Waals surface area (Å²) >= 11 is 0. The lowest BCUT2D eigenvalue weighted by Gasteiger charge is -2.33. The highest BCUT2D eigenvalue weighted by Crippen LogP contribution is 2.55. The normalized spacial score (nSPS) is 15.7. The van der Waals surface area contributed by atoms with Gasteiger partial charge in [0.1, 0.15) is 0 Å². The van der Waals surface area contributed by atoms with Gasteiger partial charge in [-0.1, -0.05) is 0 Å². The predicted octanol–water partition coefficient (Wildman–Crippen LogP) is 5.54. The minimum absolute atomic E-state index is 1.77. The molecular weight excluding hydrogens is 614 g/mol. The SMILES string of the molecule is O=C(CC(O)C(=O)OCCC(F)(F)C(F)(F)C(F)(F)C(F)(F)F)OCCC(F)(F)C(F)(F)C(F)(F)C(F)(F)F. The van der Waals surface area contributed by atoms with Crippen LogP contribution in [0.1, 0.15) is 19.3 Å². The van der Waals surface area contributed by atoms with Gasteiger partial charge in [-0.05, 0) is 0 Å². The van der Waals surface area contributed by atoms with E-state index >= 15 is 0 Å². The summed E-state index contributed by atoms with van der Waals surface area (Å²) in [6, 6.07) is 0. The van der Waals surface area contributed by atoms with E-state index in [1.54, 1.807) is 0 Å². The molecule has 0 aromatic rings. The number of aliphatic hydroxyl groups is 1. The van der Waals surface area contributed by atoms with Crippen LogP contribution in [0.25, 0.3) is 0 Å². The standard InChI is InChI=1S/C16H12F18O5/c17-9(18,11(21,22)13(25,26)15(29,30)31)1-3-38-7(36)5-6(35)8(37)39-4-2-10(19,20)12(23,24)14(27,28)16(32,33)34/h6,35H,1-5H2. The highest BCUT2D eigenvalue weighted by atomic mass is 19.4. The van der Waals surface area contributed by atoms with E-state index < -0.39 is 98.4 Å². The second-order valence-corrected chi connectivity index (χ2v) is 7.31. The first-order chi connectivity index (χ1) is 16.9. The molecule has 0 radical (unpaired) electrons. The van der Waals surface area contributed by atoms with Crippen LogP contribution in [0.4, 0.5) is 79.0 Å². The molecule has 0 aliphatic heterocycles. The van der Waals surface area contributed by atoms with Crippen LogP contribution in [-0.4, -0.2) is 84.3 Å². The van der Waals surface area contributed by atoms with Crippen LogP contribution >= 0.6 is 0 Å². The number of hydrogen-bond donors (Lipinski definition) is 1. The van der Waals surface area contributed by atoms with Crippen LogP contribution in [0.3, 0.4) is 0 Å². The fourth-order valence-corrected chi connectivity index (χ4v) is 2.10. The molecule has 39 heavy (non-hydrogen) atoms. The zero-order valence-electron chi connectivity index (χ0n) is 18.0. The minimum atomic E-state index is -7.26. The molecule has 0 spiro atoms. The molecule has 0 fully saturated rings. The van der Waals surface area contributed by atoms with E-state index in [1.807, 2.05) is 0 Å². The molecule has 0 saturated heterocycles. The van der Waals surface area contributed by atoms with Crippen LogP contribution in [-0.2, 0) is 19.1 Å². The fourth-order valence-electron chi connectivity index (χ4n) is 2.10. The maximum absolute atomic E-state index is 13.3. The molecule has 1 unspecified atom stereocenters. The van der Waals surface area contributed by atoms with Crippen molar-refractivity contribution in [2.75, 3.05) is 13.2 Å². The van der Waals surface area contributed by atoms with E-state index in [4.69, 9.17) is 0 Å². The Kier molecular flexibility index (Phi) is 10.6. The first kappa shape index (κ1) is 36.6. The molecule has 23 heteroatoms. The number of esters is 2. The molecule has 1 N–H and O–H groups in total. The molecule has 5 nitrogen and oxygen atoms in total. The van der Waals surface area contributed by atoms with Gasteiger partial charge in [0.15, 0.2) is 6.10 Å². The number of aliphatic hydroxyl groups excluding tert-OH is 1. The molecule has 0 heterocycles. The van der Waals surface area contributed by atoms with Crippen molar-refractivity contribution in [3.05, 3.63) is 0 Å². The predicted molar refractivity (Wildman–Crippen MR) is 83.6 cm³/mol. The molecule has 0 aliphatic rings. The quantitative estimate of drug-likeness (QED) is 0.215. The van der Waals surface area contributed by atoms with Crippen LogP contribution in [0, 0.1) is 0 Å². The Balaban J connectivity index is 4.95. The summed E-state index contributed by atoms with van der Waals surface area (Å²) in [5.74, 6) is -45.3. The Morgan fingerprint density at radius 2 is 0.846 bits per heavy atom. The lowest BCUT2D eigenvalue weighted by molar-refractivity contribution is -0.397. The lowest BCUT2D eigenvalue weighted by atomic mass is 10.0. The topological polar surface area (TPSA) is 72.8 Å². The molecule has 0 saturated carbocycles. The van der Waals surface area contributed by atoms with Crippen molar-refractivity contribution in [3.8, 4) is 0 Å². The van der Waals surface area contributed by atoms with Crippen molar-refractivity contribution >= 4 is 11.9 Å². The zero-order chi connectivity index (χ0) is 31.7. The number of ether oxygens (including phenoxy) is 2. The van der Waals surface area contributed by atoms with E-state index in [0.717, 1.165) is 0 Å². The number of carbonyl (C=O) groups is 2. The van der Waals surface area contributed by atoms with Crippen LogP contribution < -0.4 is 0 Å². The van der Waals surface area contributed by atoms with Crippen molar-refractivity contribution in [1.29, 1.82) is 0 Å². The molecule has 0 aromatic heterocycles. The third-order valence-corrected chi connectivity index (χ3v) is 4.39. The van der Waals surface area contributed by atoms with E-state index in [-0.39, 0.29) is 0 Å². The maximum Gasteiger partial charge on any atom is 0.460 e. The summed E-state index contributed by atoms with van der Waals surface area (Å²) in [5, 5.41) is 9.23. The Hall–Kier alpha value is -2.36. The van der Waals surface area contributed by atoms with Gasteiger partial charge in [0, 0.05) is 0 Å². The van der Waals surface area contributed by atoms with Gasteiger partial charge in [-0.2, -0.15) is 79.0 Å². The Morgan fingerprint density at radius 3 is 1.15 bits per heavy atom. The third-order valence-electron chi connectivity index (χ3n) is 4.39. The van der Waals surface area contributed by atoms with Gasteiger partial charge in [-0.15, -0.1) is 0 Å². The van der Waals surface area contributed by atoms with Gasteiger partial charge < -0.3 is 14.6 Å². The zero-order valence-corrected chi connectivity index (χ0v) is 18.0. The molecule has 0 amide bonds. The monoisotopic (exact) mass is 626 g/mol. The van der Waals surface area contributed by atoms with Crippen LogP contribution in [0.2, 0.25) is 0 Å². The van der Waals surface area contributed by atoms with Crippen molar-refractivity contribution in [2.45, 2.75) is 73.3 Å². The van der Waals surface area contributed by atoms with Crippen molar-refractivity contribution in [1.82, 2.24) is 0 Å². The van der Waals surface area contributed by atoms with Crippen molar-refractivity contribution in [2.24, 2.45) is 0 Å². The van der Waals surface area contributed by atoms with Gasteiger partial charge in [-0.25, -0.2) is 4.79 Å².